The average molecular weight is 419 g/mol. The van der Waals surface area contributed by atoms with Gasteiger partial charge in [0.25, 0.3) is 0 Å². The van der Waals surface area contributed by atoms with Crippen molar-refractivity contribution in [3.8, 4) is 6.07 Å². The van der Waals surface area contributed by atoms with Crippen LogP contribution in [-0.2, 0) is 14.0 Å². The predicted octanol–water partition coefficient (Wildman–Crippen LogP) is 4.75. The summed E-state index contributed by atoms with van der Waals surface area (Å²) in [5.41, 5.74) is 0.166. The number of amides is 1. The zero-order valence-corrected chi connectivity index (χ0v) is 18.8. The Morgan fingerprint density at radius 1 is 1.24 bits per heavy atom. The first kappa shape index (κ1) is 23.3. The Morgan fingerprint density at radius 2 is 1.83 bits per heavy atom. The highest BCUT2D eigenvalue weighted by Crippen LogP contribution is 2.38. The van der Waals surface area contributed by atoms with Gasteiger partial charge in [-0.15, -0.1) is 0 Å². The lowest BCUT2D eigenvalue weighted by Gasteiger charge is -2.32. The highest BCUT2D eigenvalue weighted by atomic mass is 35.5. The Bertz CT molecular complexity index is 837. The van der Waals surface area contributed by atoms with Crippen LogP contribution < -0.4 is 5.32 Å². The van der Waals surface area contributed by atoms with Crippen molar-refractivity contribution < 1.29 is 18.8 Å². The zero-order chi connectivity index (χ0) is 22.0. The number of benzene rings is 1. The van der Waals surface area contributed by atoms with E-state index in [-0.39, 0.29) is 6.54 Å². The van der Waals surface area contributed by atoms with Gasteiger partial charge in [-0.25, -0.2) is 4.79 Å². The SMILES string of the molecule is CC(C)(C)OC(=O)NCC(=Cc1cc(Cl)cc(C#N)c1)B1OC(C)(C)C(C)(C)O1. The molecule has 1 heterocycles. The summed E-state index contributed by atoms with van der Waals surface area (Å²) in [5.74, 6) is 0. The molecule has 0 saturated carbocycles. The quantitative estimate of drug-likeness (QED) is 0.714. The van der Waals surface area contributed by atoms with Crippen LogP contribution in [0.15, 0.2) is 23.7 Å². The first-order valence-electron chi connectivity index (χ1n) is 9.46. The number of nitrogens with zero attached hydrogens (tertiary/aromatic N) is 1. The Kier molecular flexibility index (Phi) is 6.73. The molecule has 156 valence electrons. The van der Waals surface area contributed by atoms with Gasteiger partial charge in [-0.3, -0.25) is 0 Å². The summed E-state index contributed by atoms with van der Waals surface area (Å²) in [6.07, 6.45) is 1.27. The van der Waals surface area contributed by atoms with Gasteiger partial charge >= 0.3 is 13.2 Å². The molecule has 1 aromatic carbocycles. The third kappa shape index (κ3) is 6.23. The van der Waals surface area contributed by atoms with E-state index in [1.807, 2.05) is 33.8 Å². The molecular formula is C21H28BClN2O4. The van der Waals surface area contributed by atoms with E-state index in [9.17, 15) is 10.1 Å². The molecule has 0 bridgehead atoms. The molecule has 1 aliphatic rings. The van der Waals surface area contributed by atoms with Gasteiger partial charge in [0.15, 0.2) is 0 Å². The van der Waals surface area contributed by atoms with Crippen molar-refractivity contribution in [3.63, 3.8) is 0 Å². The molecule has 2 rings (SSSR count). The number of ether oxygens (including phenoxy) is 1. The minimum Gasteiger partial charge on any atom is -0.444 e. The summed E-state index contributed by atoms with van der Waals surface area (Å²) in [4.78, 5) is 12.1. The minimum absolute atomic E-state index is 0.153. The van der Waals surface area contributed by atoms with Crippen molar-refractivity contribution in [2.75, 3.05) is 6.54 Å². The average Bonchev–Trinajstić information content (AvgIpc) is 2.77. The van der Waals surface area contributed by atoms with Gasteiger partial charge in [0, 0.05) is 11.6 Å². The molecule has 0 aliphatic carbocycles. The number of hydrogen-bond donors (Lipinski definition) is 1. The maximum absolute atomic E-state index is 12.1. The lowest BCUT2D eigenvalue weighted by Crippen LogP contribution is -2.41. The number of nitriles is 1. The van der Waals surface area contributed by atoms with Crippen LogP contribution in [0, 0.1) is 11.3 Å². The Morgan fingerprint density at radius 3 is 2.34 bits per heavy atom. The van der Waals surface area contributed by atoms with E-state index in [1.165, 1.54) is 0 Å². The van der Waals surface area contributed by atoms with Crippen LogP contribution in [0.3, 0.4) is 0 Å². The second-order valence-electron chi connectivity index (χ2n) is 9.05. The van der Waals surface area contributed by atoms with Crippen LogP contribution in [0.25, 0.3) is 6.08 Å². The maximum Gasteiger partial charge on any atom is 0.492 e. The van der Waals surface area contributed by atoms with Gasteiger partial charge < -0.3 is 19.4 Å². The highest BCUT2D eigenvalue weighted by molar-refractivity contribution is 6.56. The summed E-state index contributed by atoms with van der Waals surface area (Å²) < 4.78 is 17.6. The Hall–Kier alpha value is -2.01. The molecular weight excluding hydrogens is 391 g/mol. The van der Waals surface area contributed by atoms with E-state index in [2.05, 4.69) is 11.4 Å². The van der Waals surface area contributed by atoms with Crippen LogP contribution in [0.2, 0.25) is 5.02 Å². The normalized spacial score (nSPS) is 18.3. The molecule has 0 aromatic heterocycles. The van der Waals surface area contributed by atoms with E-state index in [1.54, 1.807) is 39.0 Å². The number of rotatable bonds is 4. The smallest absolute Gasteiger partial charge is 0.444 e. The van der Waals surface area contributed by atoms with Crippen molar-refractivity contribution in [3.05, 3.63) is 39.8 Å². The number of carbonyl (C=O) groups is 1. The lowest BCUT2D eigenvalue weighted by molar-refractivity contribution is 0.00578. The molecule has 0 unspecified atom stereocenters. The number of hydrogen-bond acceptors (Lipinski definition) is 5. The molecule has 1 saturated heterocycles. The first-order valence-corrected chi connectivity index (χ1v) is 9.84. The van der Waals surface area contributed by atoms with Gasteiger partial charge in [-0.2, -0.15) is 5.26 Å². The molecule has 1 amide bonds. The van der Waals surface area contributed by atoms with Gasteiger partial charge in [-0.05, 0) is 77.7 Å². The molecule has 1 aliphatic heterocycles. The second kappa shape index (κ2) is 8.39. The molecule has 1 fully saturated rings. The maximum atomic E-state index is 12.1. The highest BCUT2D eigenvalue weighted by Gasteiger charge is 2.52. The van der Waals surface area contributed by atoms with E-state index in [0.29, 0.717) is 21.6 Å². The third-order valence-corrected chi connectivity index (χ3v) is 5.01. The molecule has 29 heavy (non-hydrogen) atoms. The van der Waals surface area contributed by atoms with Gasteiger partial charge in [0.2, 0.25) is 0 Å². The Balaban J connectivity index is 2.33. The molecule has 0 radical (unpaired) electrons. The van der Waals surface area contributed by atoms with E-state index < -0.39 is 30.0 Å². The first-order chi connectivity index (χ1) is 13.2. The van der Waals surface area contributed by atoms with Crippen molar-refractivity contribution in [1.29, 1.82) is 5.26 Å². The van der Waals surface area contributed by atoms with Gasteiger partial charge in [-0.1, -0.05) is 17.7 Å². The monoisotopic (exact) mass is 418 g/mol. The predicted molar refractivity (Wildman–Crippen MR) is 114 cm³/mol. The van der Waals surface area contributed by atoms with Crippen molar-refractivity contribution in [2.45, 2.75) is 65.3 Å². The fourth-order valence-electron chi connectivity index (χ4n) is 2.66. The van der Waals surface area contributed by atoms with Gasteiger partial charge in [0.1, 0.15) is 5.60 Å². The Labute approximate surface area is 178 Å². The molecule has 0 spiro atoms. The lowest BCUT2D eigenvalue weighted by atomic mass is 9.77. The number of halogens is 1. The molecule has 6 nitrogen and oxygen atoms in total. The van der Waals surface area contributed by atoms with Crippen molar-refractivity contribution in [1.82, 2.24) is 5.32 Å². The number of alkyl carbamates (subject to hydrolysis) is 1. The van der Waals surface area contributed by atoms with Gasteiger partial charge in [0.05, 0.1) is 22.8 Å². The van der Waals surface area contributed by atoms with E-state index in [4.69, 9.17) is 25.6 Å². The summed E-state index contributed by atoms with van der Waals surface area (Å²) in [6, 6.07) is 7.13. The van der Waals surface area contributed by atoms with Crippen molar-refractivity contribution >= 4 is 30.9 Å². The summed E-state index contributed by atoms with van der Waals surface area (Å²) in [5, 5.41) is 12.4. The number of carbonyl (C=O) groups excluding carboxylic acids is 1. The molecule has 8 heteroatoms. The molecule has 1 N–H and O–H groups in total. The van der Waals surface area contributed by atoms with Crippen LogP contribution in [-0.4, -0.2) is 36.6 Å². The minimum atomic E-state index is -0.667. The standard InChI is InChI=1S/C21H28BClN2O4/c1-19(2,3)27-18(26)25-13-16(22-28-20(4,5)21(6,7)29-22)9-14-8-15(12-24)11-17(23)10-14/h8-11H,13H2,1-7H3,(H,25,26). The van der Waals surface area contributed by atoms with Crippen LogP contribution >= 0.6 is 11.6 Å². The third-order valence-electron chi connectivity index (χ3n) is 4.79. The molecule has 1 aromatic rings. The summed E-state index contributed by atoms with van der Waals surface area (Å²) >= 11 is 6.13. The van der Waals surface area contributed by atoms with Crippen LogP contribution in [0.5, 0.6) is 0 Å². The van der Waals surface area contributed by atoms with Crippen molar-refractivity contribution in [2.24, 2.45) is 0 Å². The summed E-state index contributed by atoms with van der Waals surface area (Å²) in [6.45, 7) is 13.4. The fourth-order valence-corrected chi connectivity index (χ4v) is 2.90. The van der Waals surface area contributed by atoms with E-state index in [0.717, 1.165) is 0 Å². The second-order valence-corrected chi connectivity index (χ2v) is 9.48. The largest absolute Gasteiger partial charge is 0.492 e. The van der Waals surface area contributed by atoms with E-state index >= 15 is 0 Å². The topological polar surface area (TPSA) is 80.6 Å². The van der Waals surface area contributed by atoms with Crippen LogP contribution in [0.4, 0.5) is 4.79 Å². The summed E-state index contributed by atoms with van der Waals surface area (Å²) in [7, 11) is -0.667. The molecule has 0 atom stereocenters. The number of nitrogens with one attached hydrogen (secondary N) is 1. The van der Waals surface area contributed by atoms with Crippen LogP contribution in [0.1, 0.15) is 59.6 Å². The fraction of sp³-hybridized carbons (Fsp3) is 0.524. The zero-order valence-electron chi connectivity index (χ0n) is 18.1.